The van der Waals surface area contributed by atoms with Crippen LogP contribution in [0.3, 0.4) is 0 Å². The van der Waals surface area contributed by atoms with E-state index in [1.54, 1.807) is 19.1 Å². The minimum atomic E-state index is -3.70. The van der Waals surface area contributed by atoms with Crippen molar-refractivity contribution in [3.05, 3.63) is 23.8 Å². The zero-order valence-electron chi connectivity index (χ0n) is 12.1. The van der Waals surface area contributed by atoms with Crippen LogP contribution in [0.25, 0.3) is 0 Å². The van der Waals surface area contributed by atoms with E-state index in [9.17, 15) is 13.2 Å². The van der Waals surface area contributed by atoms with Crippen molar-refractivity contribution in [1.29, 1.82) is 0 Å². The first-order chi connectivity index (χ1) is 9.22. The van der Waals surface area contributed by atoms with Gasteiger partial charge in [0.15, 0.2) is 9.84 Å². The number of amides is 1. The van der Waals surface area contributed by atoms with E-state index in [0.29, 0.717) is 12.5 Å². The van der Waals surface area contributed by atoms with Crippen molar-refractivity contribution < 1.29 is 13.2 Å². The molecule has 0 spiro atoms. The molecule has 112 valence electrons. The molecule has 0 heterocycles. The van der Waals surface area contributed by atoms with E-state index in [1.807, 2.05) is 13.8 Å². The zero-order valence-corrected chi connectivity index (χ0v) is 13.0. The average molecular weight is 298 g/mol. The molecule has 0 aromatic heterocycles. The molecule has 1 aromatic carbocycles. The molecule has 1 rings (SSSR count). The topological polar surface area (TPSA) is 89.3 Å². The van der Waals surface area contributed by atoms with Crippen molar-refractivity contribution in [2.75, 3.05) is 18.0 Å². The van der Waals surface area contributed by atoms with Gasteiger partial charge in [-0.2, -0.15) is 0 Å². The van der Waals surface area contributed by atoms with Crippen molar-refractivity contribution >= 4 is 21.4 Å². The number of nitrogen functional groups attached to an aromatic ring is 1. The molecule has 1 aromatic rings. The lowest BCUT2D eigenvalue weighted by molar-refractivity contribution is -0.118. The molecule has 0 unspecified atom stereocenters. The van der Waals surface area contributed by atoms with E-state index in [1.165, 1.54) is 6.07 Å². The molecule has 0 bridgehead atoms. The Bertz CT molecular complexity index is 580. The van der Waals surface area contributed by atoms with Gasteiger partial charge >= 0.3 is 0 Å². The van der Waals surface area contributed by atoms with Crippen LogP contribution in [0.1, 0.15) is 25.8 Å². The fourth-order valence-corrected chi connectivity index (χ4v) is 3.11. The highest BCUT2D eigenvalue weighted by atomic mass is 32.2. The lowest BCUT2D eigenvalue weighted by Crippen LogP contribution is -2.31. The lowest BCUT2D eigenvalue weighted by Gasteiger charge is -2.10. The molecular formula is C14H22N2O3S. The van der Waals surface area contributed by atoms with Crippen molar-refractivity contribution in [3.63, 3.8) is 0 Å². The van der Waals surface area contributed by atoms with E-state index in [-0.39, 0.29) is 10.6 Å². The van der Waals surface area contributed by atoms with Crippen molar-refractivity contribution in [1.82, 2.24) is 5.32 Å². The molecule has 0 aliphatic carbocycles. The number of hydrogen-bond acceptors (Lipinski definition) is 4. The van der Waals surface area contributed by atoms with E-state index in [2.05, 4.69) is 5.32 Å². The molecular weight excluding hydrogens is 276 g/mol. The van der Waals surface area contributed by atoms with Gasteiger partial charge in [-0.3, -0.25) is 4.79 Å². The summed E-state index contributed by atoms with van der Waals surface area (Å²) in [7, 11) is -3.70. The molecule has 0 saturated carbocycles. The monoisotopic (exact) mass is 298 g/mol. The van der Waals surface area contributed by atoms with Gasteiger partial charge < -0.3 is 11.1 Å². The fourth-order valence-electron chi connectivity index (χ4n) is 1.71. The molecule has 1 amide bonds. The normalized spacial score (nSPS) is 11.6. The van der Waals surface area contributed by atoms with Crippen LogP contribution in [0.15, 0.2) is 23.1 Å². The summed E-state index contributed by atoms with van der Waals surface area (Å²) < 4.78 is 24.3. The van der Waals surface area contributed by atoms with Crippen LogP contribution in [0, 0.1) is 12.8 Å². The number of aryl methyl sites for hydroxylation is 1. The molecule has 5 nitrogen and oxygen atoms in total. The molecule has 0 aliphatic heterocycles. The Morgan fingerprint density at radius 3 is 2.60 bits per heavy atom. The quantitative estimate of drug-likeness (QED) is 0.779. The maximum Gasteiger partial charge on any atom is 0.235 e. The van der Waals surface area contributed by atoms with Crippen LogP contribution in [0.4, 0.5) is 5.69 Å². The number of anilines is 1. The van der Waals surface area contributed by atoms with E-state index in [4.69, 9.17) is 5.73 Å². The Hall–Kier alpha value is -1.56. The first kappa shape index (κ1) is 16.5. The number of benzene rings is 1. The number of rotatable bonds is 6. The molecule has 0 saturated heterocycles. The average Bonchev–Trinajstić information content (AvgIpc) is 2.31. The van der Waals surface area contributed by atoms with Gasteiger partial charge in [0.25, 0.3) is 0 Å². The van der Waals surface area contributed by atoms with Gasteiger partial charge in [0.1, 0.15) is 5.75 Å². The van der Waals surface area contributed by atoms with E-state index >= 15 is 0 Å². The molecule has 6 heteroatoms. The highest BCUT2D eigenvalue weighted by molar-refractivity contribution is 7.92. The van der Waals surface area contributed by atoms with Crippen LogP contribution in [0.5, 0.6) is 0 Å². The molecule has 20 heavy (non-hydrogen) atoms. The summed E-state index contributed by atoms with van der Waals surface area (Å²) in [6, 6.07) is 4.77. The number of carbonyl (C=O) groups is 1. The largest absolute Gasteiger partial charge is 0.398 e. The standard InChI is InChI=1S/C14H22N2O3S/c1-10(2)6-7-16-14(17)9-20(18,19)13-8-11(3)4-5-12(13)15/h4-5,8,10H,6-7,9,15H2,1-3H3,(H,16,17). The highest BCUT2D eigenvalue weighted by Gasteiger charge is 2.21. The Labute approximate surface area is 120 Å². The smallest absolute Gasteiger partial charge is 0.235 e. The molecule has 0 radical (unpaired) electrons. The second-order valence-corrected chi connectivity index (χ2v) is 7.29. The van der Waals surface area contributed by atoms with Gasteiger partial charge in [-0.1, -0.05) is 19.9 Å². The van der Waals surface area contributed by atoms with Crippen LogP contribution < -0.4 is 11.1 Å². The van der Waals surface area contributed by atoms with Gasteiger partial charge in [0.05, 0.1) is 10.6 Å². The summed E-state index contributed by atoms with van der Waals surface area (Å²) in [5, 5.41) is 2.62. The number of carbonyl (C=O) groups excluding carboxylic acids is 1. The maximum absolute atomic E-state index is 12.2. The number of hydrogen-bond donors (Lipinski definition) is 2. The van der Waals surface area contributed by atoms with Crippen molar-refractivity contribution in [3.8, 4) is 0 Å². The molecule has 0 aliphatic rings. The van der Waals surface area contributed by atoms with Crippen molar-refractivity contribution in [2.24, 2.45) is 5.92 Å². The predicted octanol–water partition coefficient (Wildman–Crippen LogP) is 1.51. The SMILES string of the molecule is Cc1ccc(N)c(S(=O)(=O)CC(=O)NCCC(C)C)c1. The van der Waals surface area contributed by atoms with Gasteiger partial charge in [0.2, 0.25) is 5.91 Å². The third kappa shape index (κ3) is 4.85. The minimum Gasteiger partial charge on any atom is -0.398 e. The Morgan fingerprint density at radius 1 is 1.35 bits per heavy atom. The fraction of sp³-hybridized carbons (Fsp3) is 0.500. The summed E-state index contributed by atoms with van der Waals surface area (Å²) in [5.41, 5.74) is 6.64. The Balaban J connectivity index is 2.75. The zero-order chi connectivity index (χ0) is 15.3. The van der Waals surface area contributed by atoms with Gasteiger partial charge in [0, 0.05) is 6.54 Å². The molecule has 3 N–H and O–H groups in total. The maximum atomic E-state index is 12.2. The second kappa shape index (κ2) is 6.74. The third-order valence-corrected chi connectivity index (χ3v) is 4.54. The van der Waals surface area contributed by atoms with E-state index in [0.717, 1.165) is 12.0 Å². The minimum absolute atomic E-state index is 0.0245. The van der Waals surface area contributed by atoms with Crippen LogP contribution in [0.2, 0.25) is 0 Å². The van der Waals surface area contributed by atoms with Crippen LogP contribution in [-0.2, 0) is 14.6 Å². The first-order valence-corrected chi connectivity index (χ1v) is 8.23. The molecule has 0 atom stereocenters. The molecule has 0 fully saturated rings. The summed E-state index contributed by atoms with van der Waals surface area (Å²) in [5.74, 6) is -0.607. The van der Waals surface area contributed by atoms with Crippen LogP contribution >= 0.6 is 0 Å². The lowest BCUT2D eigenvalue weighted by atomic mass is 10.1. The third-order valence-electron chi connectivity index (χ3n) is 2.87. The first-order valence-electron chi connectivity index (χ1n) is 6.58. The second-order valence-electron chi connectivity index (χ2n) is 5.33. The van der Waals surface area contributed by atoms with E-state index < -0.39 is 21.5 Å². The van der Waals surface area contributed by atoms with Gasteiger partial charge in [-0.25, -0.2) is 8.42 Å². The van der Waals surface area contributed by atoms with Gasteiger partial charge in [-0.05, 0) is 37.0 Å². The summed E-state index contributed by atoms with van der Waals surface area (Å²) in [6.07, 6.45) is 0.818. The summed E-state index contributed by atoms with van der Waals surface area (Å²) in [4.78, 5) is 11.7. The Morgan fingerprint density at radius 2 is 2.00 bits per heavy atom. The van der Waals surface area contributed by atoms with Crippen molar-refractivity contribution in [2.45, 2.75) is 32.1 Å². The number of sulfone groups is 1. The number of nitrogens with two attached hydrogens (primary N) is 1. The Kier molecular flexibility index (Phi) is 5.56. The van der Waals surface area contributed by atoms with Crippen LogP contribution in [-0.4, -0.2) is 26.6 Å². The summed E-state index contributed by atoms with van der Waals surface area (Å²) in [6.45, 7) is 6.34. The number of nitrogens with one attached hydrogen (secondary N) is 1. The highest BCUT2D eigenvalue weighted by Crippen LogP contribution is 2.20. The predicted molar refractivity (Wildman–Crippen MR) is 80.1 cm³/mol. The summed E-state index contributed by atoms with van der Waals surface area (Å²) >= 11 is 0. The van der Waals surface area contributed by atoms with Gasteiger partial charge in [-0.15, -0.1) is 0 Å².